The topological polar surface area (TPSA) is 17.8 Å². The summed E-state index contributed by atoms with van der Waals surface area (Å²) in [6.07, 6.45) is 0. The molecule has 0 saturated carbocycles. The number of rotatable bonds is 2. The van der Waals surface area contributed by atoms with Crippen molar-refractivity contribution in [1.82, 2.24) is 9.78 Å². The van der Waals surface area contributed by atoms with Gasteiger partial charge in [0.15, 0.2) is 0 Å². The highest BCUT2D eigenvalue weighted by atomic mass is 15.3. The number of benzene rings is 1. The van der Waals surface area contributed by atoms with Gasteiger partial charge in [-0.3, -0.25) is 4.68 Å². The van der Waals surface area contributed by atoms with Gasteiger partial charge in [-0.1, -0.05) is 6.07 Å². The minimum atomic E-state index is 0.398. The summed E-state index contributed by atoms with van der Waals surface area (Å²) in [6.45, 7) is 17.5. The van der Waals surface area contributed by atoms with Crippen LogP contribution in [0.25, 0.3) is 11.1 Å². The highest BCUT2D eigenvalue weighted by Gasteiger charge is 2.19. The number of aryl methyl sites for hydroxylation is 3. The van der Waals surface area contributed by atoms with Crippen molar-refractivity contribution >= 4 is 0 Å². The van der Waals surface area contributed by atoms with Gasteiger partial charge in [0.1, 0.15) is 0 Å². The maximum Gasteiger partial charge on any atom is 0.0675 e. The summed E-state index contributed by atoms with van der Waals surface area (Å²) in [6, 6.07) is 2.69. The summed E-state index contributed by atoms with van der Waals surface area (Å²) in [5.74, 6) is 0. The zero-order valence-corrected chi connectivity index (χ0v) is 14.0. The van der Waals surface area contributed by atoms with Crippen LogP contribution in [0.2, 0.25) is 0 Å². The van der Waals surface area contributed by atoms with Gasteiger partial charge in [-0.15, -0.1) is 0 Å². The van der Waals surface area contributed by atoms with Gasteiger partial charge >= 0.3 is 0 Å². The van der Waals surface area contributed by atoms with Crippen molar-refractivity contribution in [2.24, 2.45) is 0 Å². The van der Waals surface area contributed by atoms with Crippen LogP contribution in [0.4, 0.5) is 0 Å². The molecule has 0 aliphatic rings. The van der Waals surface area contributed by atoms with Crippen LogP contribution in [0.3, 0.4) is 0 Å². The van der Waals surface area contributed by atoms with Gasteiger partial charge in [-0.05, 0) is 83.2 Å². The first-order valence-electron chi connectivity index (χ1n) is 7.39. The minimum absolute atomic E-state index is 0.398. The SMILES string of the molecule is Cc1cc(C)c(-c2c(C)nn(C(C)C)c2C)c(C)c1C. The molecule has 0 atom stereocenters. The van der Waals surface area contributed by atoms with E-state index in [2.05, 4.69) is 66.1 Å². The standard InChI is InChI=1S/C18H26N2/c1-10(2)20-16(8)18(15(7)19-20)17-12(4)9-11(3)13(5)14(17)6/h9-10H,1-8H3. The van der Waals surface area contributed by atoms with Gasteiger partial charge in [0.05, 0.1) is 5.69 Å². The normalized spacial score (nSPS) is 11.4. The molecule has 0 fully saturated rings. The minimum Gasteiger partial charge on any atom is -0.266 e. The molecular formula is C18H26N2. The summed E-state index contributed by atoms with van der Waals surface area (Å²) in [5, 5.41) is 4.74. The van der Waals surface area contributed by atoms with Crippen LogP contribution >= 0.6 is 0 Å². The summed E-state index contributed by atoms with van der Waals surface area (Å²) in [7, 11) is 0. The van der Waals surface area contributed by atoms with Crippen molar-refractivity contribution < 1.29 is 0 Å². The third-order valence-electron chi connectivity index (χ3n) is 4.42. The molecule has 108 valence electrons. The fourth-order valence-corrected chi connectivity index (χ4v) is 3.20. The second kappa shape index (κ2) is 5.08. The molecule has 0 aliphatic carbocycles. The van der Waals surface area contributed by atoms with E-state index in [1.165, 1.54) is 39.1 Å². The van der Waals surface area contributed by atoms with E-state index >= 15 is 0 Å². The number of hydrogen-bond acceptors (Lipinski definition) is 1. The highest BCUT2D eigenvalue weighted by molar-refractivity contribution is 5.76. The Kier molecular flexibility index (Phi) is 3.77. The molecule has 1 aromatic carbocycles. The Hall–Kier alpha value is -1.57. The predicted molar refractivity (Wildman–Crippen MR) is 86.5 cm³/mol. The predicted octanol–water partition coefficient (Wildman–Crippen LogP) is 4.98. The van der Waals surface area contributed by atoms with Gasteiger partial charge in [0.25, 0.3) is 0 Å². The first-order chi connectivity index (χ1) is 9.25. The summed E-state index contributed by atoms with van der Waals surface area (Å²) < 4.78 is 2.14. The fraction of sp³-hybridized carbons (Fsp3) is 0.500. The van der Waals surface area contributed by atoms with Gasteiger partial charge in [-0.2, -0.15) is 5.10 Å². The molecule has 2 nitrogen and oxygen atoms in total. The smallest absolute Gasteiger partial charge is 0.0675 e. The van der Waals surface area contributed by atoms with Crippen molar-refractivity contribution in [3.8, 4) is 11.1 Å². The number of nitrogens with zero attached hydrogens (tertiary/aromatic N) is 2. The molecule has 1 heterocycles. The summed E-state index contributed by atoms with van der Waals surface area (Å²) in [4.78, 5) is 0. The molecule has 0 saturated heterocycles. The molecule has 0 spiro atoms. The zero-order valence-electron chi connectivity index (χ0n) is 14.0. The summed E-state index contributed by atoms with van der Waals surface area (Å²) in [5.41, 5.74) is 10.6. The Morgan fingerprint density at radius 3 is 1.95 bits per heavy atom. The van der Waals surface area contributed by atoms with Crippen molar-refractivity contribution in [2.45, 2.75) is 61.4 Å². The van der Waals surface area contributed by atoms with Gasteiger partial charge in [-0.25, -0.2) is 0 Å². The first kappa shape index (κ1) is 14.8. The lowest BCUT2D eigenvalue weighted by molar-refractivity contribution is 0.516. The lowest BCUT2D eigenvalue weighted by atomic mass is 9.89. The van der Waals surface area contributed by atoms with E-state index in [4.69, 9.17) is 5.10 Å². The van der Waals surface area contributed by atoms with E-state index in [-0.39, 0.29) is 0 Å². The largest absolute Gasteiger partial charge is 0.266 e. The third-order valence-corrected chi connectivity index (χ3v) is 4.42. The summed E-state index contributed by atoms with van der Waals surface area (Å²) >= 11 is 0. The molecule has 0 amide bonds. The van der Waals surface area contributed by atoms with Crippen molar-refractivity contribution in [2.75, 3.05) is 0 Å². The molecule has 0 bridgehead atoms. The molecule has 20 heavy (non-hydrogen) atoms. The van der Waals surface area contributed by atoms with Crippen molar-refractivity contribution in [1.29, 1.82) is 0 Å². The van der Waals surface area contributed by atoms with Gasteiger partial charge in [0, 0.05) is 17.3 Å². The van der Waals surface area contributed by atoms with E-state index in [1.54, 1.807) is 0 Å². The Bertz CT molecular complexity index is 661. The second-order valence-electron chi connectivity index (χ2n) is 6.22. The van der Waals surface area contributed by atoms with Crippen LogP contribution in [0.1, 0.15) is 53.5 Å². The molecule has 0 unspecified atom stereocenters. The van der Waals surface area contributed by atoms with Crippen LogP contribution in [0.5, 0.6) is 0 Å². The van der Waals surface area contributed by atoms with E-state index < -0.39 is 0 Å². The maximum absolute atomic E-state index is 4.74. The quantitative estimate of drug-likeness (QED) is 0.752. The second-order valence-corrected chi connectivity index (χ2v) is 6.22. The van der Waals surface area contributed by atoms with Crippen LogP contribution in [-0.2, 0) is 0 Å². The van der Waals surface area contributed by atoms with Crippen LogP contribution < -0.4 is 0 Å². The molecule has 0 aliphatic heterocycles. The van der Waals surface area contributed by atoms with E-state index in [0.717, 1.165) is 5.69 Å². The average molecular weight is 270 g/mol. The first-order valence-corrected chi connectivity index (χ1v) is 7.39. The maximum atomic E-state index is 4.74. The van der Waals surface area contributed by atoms with Crippen molar-refractivity contribution in [3.05, 3.63) is 39.7 Å². The lowest BCUT2D eigenvalue weighted by Gasteiger charge is -2.16. The Morgan fingerprint density at radius 2 is 1.45 bits per heavy atom. The van der Waals surface area contributed by atoms with Gasteiger partial charge in [0.2, 0.25) is 0 Å². The fourth-order valence-electron chi connectivity index (χ4n) is 3.20. The van der Waals surface area contributed by atoms with E-state index in [9.17, 15) is 0 Å². The van der Waals surface area contributed by atoms with E-state index in [0.29, 0.717) is 6.04 Å². The molecule has 0 N–H and O–H groups in total. The lowest BCUT2D eigenvalue weighted by Crippen LogP contribution is -2.05. The molecule has 1 aromatic heterocycles. The third kappa shape index (κ3) is 2.17. The Balaban J connectivity index is 2.79. The van der Waals surface area contributed by atoms with Crippen LogP contribution in [0.15, 0.2) is 6.07 Å². The van der Waals surface area contributed by atoms with Crippen LogP contribution in [0, 0.1) is 41.5 Å². The molecule has 2 heteroatoms. The molecule has 2 aromatic rings. The average Bonchev–Trinajstić information content (AvgIpc) is 2.64. The molecule has 0 radical (unpaired) electrons. The highest BCUT2D eigenvalue weighted by Crippen LogP contribution is 2.35. The number of aromatic nitrogens is 2. The zero-order chi connectivity index (χ0) is 15.2. The van der Waals surface area contributed by atoms with E-state index in [1.807, 2.05) is 0 Å². The number of hydrogen-bond donors (Lipinski definition) is 0. The van der Waals surface area contributed by atoms with Gasteiger partial charge < -0.3 is 0 Å². The van der Waals surface area contributed by atoms with Crippen molar-refractivity contribution in [3.63, 3.8) is 0 Å². The van der Waals surface area contributed by atoms with Crippen LogP contribution in [-0.4, -0.2) is 9.78 Å². The molecular weight excluding hydrogens is 244 g/mol. The molecule has 2 rings (SSSR count). The monoisotopic (exact) mass is 270 g/mol. The Morgan fingerprint density at radius 1 is 0.850 bits per heavy atom. The Labute approximate surface area is 122 Å².